The highest BCUT2D eigenvalue weighted by Crippen LogP contribution is 2.29. The normalized spacial score (nSPS) is 11.0. The number of hydrogen-bond donors (Lipinski definition) is 2. The lowest BCUT2D eigenvalue weighted by atomic mass is 10.4. The van der Waals surface area contributed by atoms with Gasteiger partial charge in [0.2, 0.25) is 0 Å². The van der Waals surface area contributed by atoms with Gasteiger partial charge in [-0.05, 0) is 49.7 Å². The molecule has 0 amide bonds. The first kappa shape index (κ1) is 18.1. The summed E-state index contributed by atoms with van der Waals surface area (Å²) in [5.74, 6) is 1.38. The molecule has 0 aliphatic heterocycles. The van der Waals surface area contributed by atoms with Crippen LogP contribution in [0.3, 0.4) is 0 Å². The summed E-state index contributed by atoms with van der Waals surface area (Å²) in [7, 11) is 0. The number of fused-ring (bicyclic) bond motifs is 2. The maximum Gasteiger partial charge on any atom is 0.156 e. The number of halogens is 3. The molecule has 9 heteroatoms. The molecular formula is C16H15BrCl2N6. The zero-order valence-corrected chi connectivity index (χ0v) is 17.1. The molecule has 25 heavy (non-hydrogen) atoms. The molecule has 0 unspecified atom stereocenters. The molecule has 4 aromatic rings. The van der Waals surface area contributed by atoms with E-state index in [1.807, 2.05) is 33.8 Å². The average molecular weight is 442 g/mol. The number of nitrogens with one attached hydrogen (secondary N) is 2. The molecular weight excluding hydrogens is 427 g/mol. The van der Waals surface area contributed by atoms with Crippen molar-refractivity contribution in [2.45, 2.75) is 27.7 Å². The lowest BCUT2D eigenvalue weighted by Crippen LogP contribution is -1.88. The highest BCUT2D eigenvalue weighted by atomic mass is 79.9. The molecule has 0 atom stereocenters. The van der Waals surface area contributed by atoms with Crippen LogP contribution < -0.4 is 0 Å². The number of rotatable bonds is 0. The topological polar surface area (TPSA) is 83.1 Å². The first-order valence-electron chi connectivity index (χ1n) is 7.43. The van der Waals surface area contributed by atoms with Crippen molar-refractivity contribution < 1.29 is 0 Å². The van der Waals surface area contributed by atoms with Gasteiger partial charge in [0.1, 0.15) is 28.2 Å². The maximum atomic E-state index is 5.94. The second-order valence-electron chi connectivity index (χ2n) is 5.62. The van der Waals surface area contributed by atoms with Gasteiger partial charge in [-0.2, -0.15) is 0 Å². The van der Waals surface area contributed by atoms with E-state index in [0.29, 0.717) is 22.0 Å². The first-order chi connectivity index (χ1) is 11.8. The molecule has 6 nitrogen and oxygen atoms in total. The van der Waals surface area contributed by atoms with E-state index in [9.17, 15) is 0 Å². The van der Waals surface area contributed by atoms with Crippen LogP contribution >= 0.6 is 39.1 Å². The number of hydrogen-bond acceptors (Lipinski definition) is 4. The molecule has 2 N–H and O–H groups in total. The Balaban J connectivity index is 0.000000146. The Labute approximate surface area is 162 Å². The van der Waals surface area contributed by atoms with Gasteiger partial charge in [-0.3, -0.25) is 0 Å². The molecule has 4 rings (SSSR count). The van der Waals surface area contributed by atoms with Gasteiger partial charge in [0.05, 0.1) is 9.99 Å². The van der Waals surface area contributed by atoms with Crippen LogP contribution in [0.5, 0.6) is 0 Å². The minimum atomic E-state index is 0.469. The summed E-state index contributed by atoms with van der Waals surface area (Å²) in [5.41, 5.74) is 5.39. The van der Waals surface area contributed by atoms with Gasteiger partial charge in [0, 0.05) is 11.4 Å². The quantitative estimate of drug-likeness (QED) is 0.366. The van der Waals surface area contributed by atoms with E-state index in [4.69, 9.17) is 23.2 Å². The molecule has 0 radical (unpaired) electrons. The van der Waals surface area contributed by atoms with Crippen LogP contribution in [-0.4, -0.2) is 29.9 Å². The third kappa shape index (κ3) is 3.63. The van der Waals surface area contributed by atoms with Gasteiger partial charge in [-0.25, -0.2) is 19.9 Å². The predicted molar refractivity (Wildman–Crippen MR) is 104 cm³/mol. The third-order valence-electron chi connectivity index (χ3n) is 3.51. The largest absolute Gasteiger partial charge is 0.355 e. The summed E-state index contributed by atoms with van der Waals surface area (Å²) >= 11 is 15.3. The fourth-order valence-corrected chi connectivity index (χ4v) is 3.36. The van der Waals surface area contributed by atoms with Gasteiger partial charge in [-0.1, -0.05) is 23.2 Å². The molecule has 0 aliphatic rings. The monoisotopic (exact) mass is 440 g/mol. The fourth-order valence-electron chi connectivity index (χ4n) is 2.45. The molecule has 0 saturated carbocycles. The van der Waals surface area contributed by atoms with E-state index in [1.165, 1.54) is 0 Å². The van der Waals surface area contributed by atoms with Crippen molar-refractivity contribution in [2.24, 2.45) is 0 Å². The van der Waals surface area contributed by atoms with E-state index >= 15 is 0 Å². The predicted octanol–water partition coefficient (Wildman–Crippen LogP) is 5.22. The van der Waals surface area contributed by atoms with Gasteiger partial charge >= 0.3 is 0 Å². The number of H-pyrrole nitrogens is 2. The van der Waals surface area contributed by atoms with Crippen molar-refractivity contribution in [1.29, 1.82) is 0 Å². The summed E-state index contributed by atoms with van der Waals surface area (Å²) in [5, 5.41) is 0.960. The zero-order chi connectivity index (χ0) is 18.3. The van der Waals surface area contributed by atoms with Crippen LogP contribution in [0.15, 0.2) is 10.5 Å². The first-order valence-corrected chi connectivity index (χ1v) is 8.98. The average Bonchev–Trinajstić information content (AvgIpc) is 3.02. The van der Waals surface area contributed by atoms with Crippen LogP contribution in [-0.2, 0) is 0 Å². The molecule has 0 bridgehead atoms. The Morgan fingerprint density at radius 1 is 0.840 bits per heavy atom. The SMILES string of the molecule is Cc1nc(Cl)c2[nH]c(C)c(Br)c2n1.Cc1nc(Cl)c2[nH]c(C)cc2n1. The lowest BCUT2D eigenvalue weighted by molar-refractivity contribution is 1.09. The smallest absolute Gasteiger partial charge is 0.156 e. The maximum absolute atomic E-state index is 5.94. The lowest BCUT2D eigenvalue weighted by Gasteiger charge is -1.94. The summed E-state index contributed by atoms with van der Waals surface area (Å²) < 4.78 is 0.954. The number of aryl methyl sites for hydroxylation is 4. The van der Waals surface area contributed by atoms with Crippen LogP contribution in [0.2, 0.25) is 10.3 Å². The van der Waals surface area contributed by atoms with E-state index in [0.717, 1.165) is 37.9 Å². The standard InChI is InChI=1S/C8H7BrClN3.C8H8ClN3/c1-3-5(9)6-7(11-3)8(10)13-4(2)12-6;1-4-3-6-7(10-4)8(9)12-5(2)11-6/h11H,1-2H3;3,10H,1-2H3. The minimum absolute atomic E-state index is 0.469. The fraction of sp³-hybridized carbons (Fsp3) is 0.250. The van der Waals surface area contributed by atoms with Gasteiger partial charge in [0.25, 0.3) is 0 Å². The van der Waals surface area contributed by atoms with Crippen LogP contribution in [0.4, 0.5) is 0 Å². The molecule has 130 valence electrons. The van der Waals surface area contributed by atoms with E-state index < -0.39 is 0 Å². The number of aromatic amines is 2. The Bertz CT molecular complexity index is 1090. The Morgan fingerprint density at radius 3 is 2.12 bits per heavy atom. The molecule has 0 aromatic carbocycles. The second kappa shape index (κ2) is 6.90. The van der Waals surface area contributed by atoms with Gasteiger partial charge in [0.15, 0.2) is 10.3 Å². The van der Waals surface area contributed by atoms with Crippen molar-refractivity contribution in [1.82, 2.24) is 29.9 Å². The van der Waals surface area contributed by atoms with Crippen molar-refractivity contribution >= 4 is 61.2 Å². The summed E-state index contributed by atoms with van der Waals surface area (Å²) in [6, 6.07) is 1.95. The van der Waals surface area contributed by atoms with Crippen molar-refractivity contribution in [3.63, 3.8) is 0 Å². The third-order valence-corrected chi connectivity index (χ3v) is 5.02. The van der Waals surface area contributed by atoms with Gasteiger partial charge < -0.3 is 9.97 Å². The molecule has 0 fully saturated rings. The number of aromatic nitrogens is 6. The summed E-state index contributed by atoms with van der Waals surface area (Å²) in [4.78, 5) is 22.8. The summed E-state index contributed by atoms with van der Waals surface area (Å²) in [6.45, 7) is 7.57. The van der Waals surface area contributed by atoms with Gasteiger partial charge in [-0.15, -0.1) is 0 Å². The molecule has 4 heterocycles. The van der Waals surface area contributed by atoms with Crippen molar-refractivity contribution in [2.75, 3.05) is 0 Å². The number of nitrogens with zero attached hydrogens (tertiary/aromatic N) is 4. The highest BCUT2D eigenvalue weighted by Gasteiger charge is 2.11. The van der Waals surface area contributed by atoms with Crippen LogP contribution in [0.1, 0.15) is 23.0 Å². The van der Waals surface area contributed by atoms with E-state index in [2.05, 4.69) is 45.8 Å². The van der Waals surface area contributed by atoms with Crippen LogP contribution in [0.25, 0.3) is 22.1 Å². The highest BCUT2D eigenvalue weighted by molar-refractivity contribution is 9.10. The Hall–Kier alpha value is -1.70. The zero-order valence-electron chi connectivity index (χ0n) is 14.0. The second-order valence-corrected chi connectivity index (χ2v) is 7.13. The Morgan fingerprint density at radius 2 is 1.44 bits per heavy atom. The van der Waals surface area contributed by atoms with E-state index in [1.54, 1.807) is 0 Å². The van der Waals surface area contributed by atoms with E-state index in [-0.39, 0.29) is 0 Å². The molecule has 0 spiro atoms. The summed E-state index contributed by atoms with van der Waals surface area (Å²) in [6.07, 6.45) is 0. The van der Waals surface area contributed by atoms with Crippen molar-refractivity contribution in [3.05, 3.63) is 43.9 Å². The molecule has 0 saturated heterocycles. The molecule has 0 aliphatic carbocycles. The van der Waals surface area contributed by atoms with Crippen molar-refractivity contribution in [3.8, 4) is 0 Å². The van der Waals surface area contributed by atoms with Crippen LogP contribution in [0, 0.1) is 27.7 Å². The Kier molecular flexibility index (Phi) is 4.99. The molecule has 4 aromatic heterocycles. The minimum Gasteiger partial charge on any atom is -0.355 e.